The molecule has 0 unspecified atom stereocenters. The Labute approximate surface area is 111 Å². The van der Waals surface area contributed by atoms with Crippen LogP contribution in [-0.2, 0) is 0 Å². The zero-order valence-corrected chi connectivity index (χ0v) is 11.5. The minimum Gasteiger partial charge on any atom is -0.382 e. The van der Waals surface area contributed by atoms with Crippen molar-refractivity contribution in [3.63, 3.8) is 0 Å². The van der Waals surface area contributed by atoms with Gasteiger partial charge >= 0.3 is 0 Å². The maximum absolute atomic E-state index is 11.9. The highest BCUT2D eigenvalue weighted by Gasteiger charge is 2.21. The Morgan fingerprint density at radius 3 is 2.94 bits per heavy atom. The second-order valence-electron chi connectivity index (χ2n) is 4.65. The minimum absolute atomic E-state index is 0.102. The topological polar surface area (TPSA) is 80.0 Å². The number of aromatic nitrogens is 1. The summed E-state index contributed by atoms with van der Waals surface area (Å²) in [7, 11) is 0. The SMILES string of the molecule is CCCNc1nc(N)c(C(=O)NCCC2CC2)s1. The van der Waals surface area contributed by atoms with Crippen LogP contribution >= 0.6 is 11.3 Å². The summed E-state index contributed by atoms with van der Waals surface area (Å²) < 4.78 is 0. The molecule has 2 rings (SSSR count). The fraction of sp³-hybridized carbons (Fsp3) is 0.667. The van der Waals surface area contributed by atoms with Gasteiger partial charge in [0.25, 0.3) is 5.91 Å². The van der Waals surface area contributed by atoms with E-state index in [1.54, 1.807) is 0 Å². The smallest absolute Gasteiger partial charge is 0.265 e. The Bertz CT molecular complexity index is 414. The number of nitrogens with one attached hydrogen (secondary N) is 2. The normalized spacial score (nSPS) is 14.5. The Kier molecular flexibility index (Phi) is 4.41. The molecule has 1 heterocycles. The average molecular weight is 268 g/mol. The van der Waals surface area contributed by atoms with Gasteiger partial charge in [0.2, 0.25) is 0 Å². The molecule has 1 fully saturated rings. The van der Waals surface area contributed by atoms with Crippen molar-refractivity contribution in [2.45, 2.75) is 32.6 Å². The van der Waals surface area contributed by atoms with Gasteiger partial charge in [-0.05, 0) is 18.8 Å². The number of hydrogen-bond acceptors (Lipinski definition) is 5. The van der Waals surface area contributed by atoms with Gasteiger partial charge in [-0.1, -0.05) is 31.1 Å². The molecule has 1 amide bonds. The van der Waals surface area contributed by atoms with Crippen molar-refractivity contribution in [1.82, 2.24) is 10.3 Å². The molecular formula is C12H20N4OS. The number of nitrogen functional groups attached to an aromatic ring is 1. The largest absolute Gasteiger partial charge is 0.382 e. The van der Waals surface area contributed by atoms with Crippen LogP contribution in [0, 0.1) is 5.92 Å². The molecule has 18 heavy (non-hydrogen) atoms. The third kappa shape index (κ3) is 3.60. The summed E-state index contributed by atoms with van der Waals surface area (Å²) in [6.07, 6.45) is 4.71. The number of nitrogens with two attached hydrogens (primary N) is 1. The number of rotatable bonds is 7. The summed E-state index contributed by atoms with van der Waals surface area (Å²) in [4.78, 5) is 16.6. The van der Waals surface area contributed by atoms with Crippen molar-refractivity contribution in [2.24, 2.45) is 5.92 Å². The van der Waals surface area contributed by atoms with E-state index in [1.807, 2.05) is 0 Å². The number of amides is 1. The van der Waals surface area contributed by atoms with Crippen LogP contribution < -0.4 is 16.4 Å². The summed E-state index contributed by atoms with van der Waals surface area (Å²) in [6, 6.07) is 0. The third-order valence-electron chi connectivity index (χ3n) is 2.92. The Morgan fingerprint density at radius 2 is 2.28 bits per heavy atom. The first-order valence-electron chi connectivity index (χ1n) is 6.49. The molecule has 0 aliphatic heterocycles. The van der Waals surface area contributed by atoms with E-state index in [1.165, 1.54) is 24.2 Å². The Balaban J connectivity index is 1.85. The van der Waals surface area contributed by atoms with E-state index in [9.17, 15) is 4.79 Å². The second-order valence-corrected chi connectivity index (χ2v) is 5.65. The van der Waals surface area contributed by atoms with Crippen LogP contribution in [0.3, 0.4) is 0 Å². The highest BCUT2D eigenvalue weighted by molar-refractivity contribution is 7.18. The van der Waals surface area contributed by atoms with Crippen molar-refractivity contribution < 1.29 is 4.79 Å². The molecule has 0 saturated heterocycles. The Hall–Kier alpha value is -1.30. The van der Waals surface area contributed by atoms with E-state index in [2.05, 4.69) is 22.5 Å². The summed E-state index contributed by atoms with van der Waals surface area (Å²) >= 11 is 1.32. The van der Waals surface area contributed by atoms with Crippen LogP contribution in [0.1, 0.15) is 42.3 Å². The number of carbonyl (C=O) groups is 1. The first kappa shape index (κ1) is 13.1. The lowest BCUT2D eigenvalue weighted by Crippen LogP contribution is -2.24. The zero-order valence-electron chi connectivity index (χ0n) is 10.7. The van der Waals surface area contributed by atoms with Crippen molar-refractivity contribution in [2.75, 3.05) is 24.1 Å². The van der Waals surface area contributed by atoms with Gasteiger partial charge in [-0.3, -0.25) is 4.79 Å². The van der Waals surface area contributed by atoms with Crippen molar-refractivity contribution in [3.8, 4) is 0 Å². The van der Waals surface area contributed by atoms with Crippen LogP contribution in [0.5, 0.6) is 0 Å². The molecule has 0 atom stereocenters. The van der Waals surface area contributed by atoms with Crippen molar-refractivity contribution in [1.29, 1.82) is 0 Å². The average Bonchev–Trinajstić information content (AvgIpc) is 3.09. The quantitative estimate of drug-likeness (QED) is 0.707. The summed E-state index contributed by atoms with van der Waals surface area (Å²) in [6.45, 7) is 3.66. The van der Waals surface area contributed by atoms with Gasteiger partial charge in [-0.25, -0.2) is 4.98 Å². The molecule has 0 bridgehead atoms. The van der Waals surface area contributed by atoms with Crippen LogP contribution in [-0.4, -0.2) is 24.0 Å². The van der Waals surface area contributed by atoms with Crippen LogP contribution in [0.2, 0.25) is 0 Å². The predicted octanol–water partition coefficient (Wildman–Crippen LogP) is 2.08. The standard InChI is InChI=1S/C12H20N4OS/c1-2-6-15-12-16-10(13)9(18-12)11(17)14-7-5-8-3-4-8/h8H,2-7,13H2,1H3,(H,14,17)(H,15,16). The Morgan fingerprint density at radius 1 is 1.50 bits per heavy atom. The third-order valence-corrected chi connectivity index (χ3v) is 3.95. The molecule has 0 radical (unpaired) electrons. The monoisotopic (exact) mass is 268 g/mol. The van der Waals surface area contributed by atoms with Gasteiger partial charge in [0.15, 0.2) is 5.13 Å². The highest BCUT2D eigenvalue weighted by atomic mass is 32.1. The predicted molar refractivity (Wildman–Crippen MR) is 75.0 cm³/mol. The molecule has 0 aromatic carbocycles. The molecule has 5 nitrogen and oxygen atoms in total. The van der Waals surface area contributed by atoms with Gasteiger partial charge < -0.3 is 16.4 Å². The lowest BCUT2D eigenvalue weighted by atomic mass is 10.3. The number of nitrogens with zero attached hydrogens (tertiary/aromatic N) is 1. The zero-order chi connectivity index (χ0) is 13.0. The lowest BCUT2D eigenvalue weighted by molar-refractivity contribution is 0.0957. The molecule has 100 valence electrons. The van der Waals surface area contributed by atoms with Crippen LogP contribution in [0.4, 0.5) is 10.9 Å². The second kappa shape index (κ2) is 6.04. The van der Waals surface area contributed by atoms with Crippen molar-refractivity contribution >= 4 is 28.2 Å². The maximum Gasteiger partial charge on any atom is 0.265 e. The van der Waals surface area contributed by atoms with Gasteiger partial charge in [0.1, 0.15) is 10.7 Å². The van der Waals surface area contributed by atoms with Crippen LogP contribution in [0.15, 0.2) is 0 Å². The molecule has 4 N–H and O–H groups in total. The fourth-order valence-corrected chi connectivity index (χ4v) is 2.51. The van der Waals surface area contributed by atoms with Crippen molar-refractivity contribution in [3.05, 3.63) is 4.88 Å². The summed E-state index contributed by atoms with van der Waals surface area (Å²) in [5.41, 5.74) is 5.76. The van der Waals surface area contributed by atoms with Gasteiger partial charge in [0, 0.05) is 13.1 Å². The van der Waals surface area contributed by atoms with Crippen LogP contribution in [0.25, 0.3) is 0 Å². The summed E-state index contributed by atoms with van der Waals surface area (Å²) in [5, 5.41) is 6.77. The fourth-order valence-electron chi connectivity index (χ4n) is 1.68. The molecule has 1 aliphatic carbocycles. The maximum atomic E-state index is 11.9. The number of hydrogen-bond donors (Lipinski definition) is 3. The molecule has 1 saturated carbocycles. The lowest BCUT2D eigenvalue weighted by Gasteiger charge is -2.02. The van der Waals surface area contributed by atoms with E-state index in [0.717, 1.165) is 37.0 Å². The van der Waals surface area contributed by atoms with E-state index in [4.69, 9.17) is 5.73 Å². The van der Waals surface area contributed by atoms with Gasteiger partial charge in [-0.15, -0.1) is 0 Å². The molecule has 6 heteroatoms. The molecule has 1 aromatic heterocycles. The number of thiazole rings is 1. The van der Waals surface area contributed by atoms with E-state index in [0.29, 0.717) is 10.7 Å². The van der Waals surface area contributed by atoms with Gasteiger partial charge in [-0.2, -0.15) is 0 Å². The van der Waals surface area contributed by atoms with Gasteiger partial charge in [0.05, 0.1) is 0 Å². The first-order valence-corrected chi connectivity index (χ1v) is 7.30. The highest BCUT2D eigenvalue weighted by Crippen LogP contribution is 2.31. The number of carbonyl (C=O) groups excluding carboxylic acids is 1. The van der Waals surface area contributed by atoms with E-state index in [-0.39, 0.29) is 5.91 Å². The van der Waals surface area contributed by atoms with E-state index < -0.39 is 0 Å². The minimum atomic E-state index is -0.102. The molecule has 0 spiro atoms. The number of anilines is 2. The molecule has 1 aliphatic rings. The first-order chi connectivity index (χ1) is 8.70. The van der Waals surface area contributed by atoms with E-state index >= 15 is 0 Å². The molecular weight excluding hydrogens is 248 g/mol. The summed E-state index contributed by atoms with van der Waals surface area (Å²) in [5.74, 6) is 1.05. The molecule has 1 aromatic rings.